The van der Waals surface area contributed by atoms with Crippen molar-refractivity contribution < 1.29 is 23.4 Å². The Labute approximate surface area is 91.6 Å². The van der Waals surface area contributed by atoms with Crippen LogP contribution in [0.2, 0.25) is 0 Å². The lowest BCUT2D eigenvalue weighted by Crippen LogP contribution is -2.12. The number of alkyl halides is 2. The molecule has 1 aromatic carbocycles. The van der Waals surface area contributed by atoms with Crippen molar-refractivity contribution in [3.05, 3.63) is 23.3 Å². The number of hydrogen-bond donors (Lipinski definition) is 1. The zero-order chi connectivity index (χ0) is 11.9. The summed E-state index contributed by atoms with van der Waals surface area (Å²) >= 11 is 0. The summed E-state index contributed by atoms with van der Waals surface area (Å²) in [5.41, 5.74) is -0.0662. The summed E-state index contributed by atoms with van der Waals surface area (Å²) in [7, 11) is 0. The lowest BCUT2D eigenvalue weighted by atomic mass is 9.98. The van der Waals surface area contributed by atoms with Gasteiger partial charge in [-0.05, 0) is 24.6 Å². The molecule has 1 aliphatic rings. The molecule has 88 valence electrons. The Balaban J connectivity index is 2.58. The molecule has 1 atom stereocenters. The Hall–Kier alpha value is -1.36. The number of benzene rings is 1. The normalized spacial score (nSPS) is 16.3. The Morgan fingerprint density at radius 2 is 1.88 bits per heavy atom. The van der Waals surface area contributed by atoms with Crippen LogP contribution in [0.3, 0.4) is 0 Å². The Morgan fingerprint density at radius 1 is 1.31 bits per heavy atom. The highest BCUT2D eigenvalue weighted by Crippen LogP contribution is 2.42. The molecule has 1 heterocycles. The second-order valence-corrected chi connectivity index (χ2v) is 3.86. The molecule has 1 aromatic rings. The smallest absolute Gasteiger partial charge is 0.271 e. The van der Waals surface area contributed by atoms with Gasteiger partial charge in [0.25, 0.3) is 5.92 Å². The van der Waals surface area contributed by atoms with Gasteiger partial charge in [-0.15, -0.1) is 0 Å². The van der Waals surface area contributed by atoms with Crippen molar-refractivity contribution in [1.82, 2.24) is 0 Å². The molecule has 1 aliphatic heterocycles. The number of fused-ring (bicyclic) bond motifs is 1. The fourth-order valence-corrected chi connectivity index (χ4v) is 1.68. The average Bonchev–Trinajstić information content (AvgIpc) is 2.60. The summed E-state index contributed by atoms with van der Waals surface area (Å²) in [4.78, 5) is 0. The van der Waals surface area contributed by atoms with Crippen LogP contribution in [0.1, 0.15) is 31.1 Å². The summed E-state index contributed by atoms with van der Waals surface area (Å²) in [6, 6.07) is 2.63. The van der Waals surface area contributed by atoms with Crippen molar-refractivity contribution in [1.29, 1.82) is 0 Å². The van der Waals surface area contributed by atoms with Crippen LogP contribution in [-0.2, 0) is 5.92 Å². The maximum absolute atomic E-state index is 13.3. The van der Waals surface area contributed by atoms with Crippen LogP contribution < -0.4 is 9.47 Å². The van der Waals surface area contributed by atoms with Gasteiger partial charge in [-0.3, -0.25) is 0 Å². The minimum absolute atomic E-state index is 0.0212. The molecule has 3 nitrogen and oxygen atoms in total. The molecule has 0 saturated carbocycles. The Morgan fingerprint density at radius 3 is 2.38 bits per heavy atom. The van der Waals surface area contributed by atoms with Crippen LogP contribution in [0.5, 0.6) is 11.5 Å². The van der Waals surface area contributed by atoms with Crippen molar-refractivity contribution in [2.75, 3.05) is 6.79 Å². The lowest BCUT2D eigenvalue weighted by Gasteiger charge is -2.18. The van der Waals surface area contributed by atoms with Gasteiger partial charge in [-0.25, -0.2) is 8.78 Å². The molecular formula is C11H12F2O3. The van der Waals surface area contributed by atoms with E-state index in [1.807, 2.05) is 0 Å². The molecule has 0 aromatic heterocycles. The summed E-state index contributed by atoms with van der Waals surface area (Å²) in [6.07, 6.45) is -0.977. The lowest BCUT2D eigenvalue weighted by molar-refractivity contribution is 0.0139. The predicted molar refractivity (Wildman–Crippen MR) is 52.8 cm³/mol. The van der Waals surface area contributed by atoms with E-state index < -0.39 is 12.0 Å². The van der Waals surface area contributed by atoms with Gasteiger partial charge in [0.05, 0.1) is 6.10 Å². The van der Waals surface area contributed by atoms with Gasteiger partial charge in [0.2, 0.25) is 6.79 Å². The molecule has 0 bridgehead atoms. The first-order valence-corrected chi connectivity index (χ1v) is 4.89. The van der Waals surface area contributed by atoms with Gasteiger partial charge >= 0.3 is 0 Å². The third-order valence-electron chi connectivity index (χ3n) is 2.47. The van der Waals surface area contributed by atoms with E-state index in [4.69, 9.17) is 9.47 Å². The number of aliphatic hydroxyl groups excluding tert-OH is 1. The molecule has 16 heavy (non-hydrogen) atoms. The van der Waals surface area contributed by atoms with Crippen molar-refractivity contribution in [3.63, 3.8) is 0 Å². The average molecular weight is 230 g/mol. The highest BCUT2D eigenvalue weighted by atomic mass is 19.3. The number of hydrogen-bond acceptors (Lipinski definition) is 3. The quantitative estimate of drug-likeness (QED) is 0.848. The van der Waals surface area contributed by atoms with Crippen LogP contribution in [-0.4, -0.2) is 11.9 Å². The van der Waals surface area contributed by atoms with Crippen LogP contribution in [0.15, 0.2) is 12.1 Å². The van der Waals surface area contributed by atoms with Gasteiger partial charge < -0.3 is 14.6 Å². The number of aliphatic hydroxyl groups is 1. The first-order chi connectivity index (χ1) is 7.39. The largest absolute Gasteiger partial charge is 0.454 e. The minimum Gasteiger partial charge on any atom is -0.454 e. The molecular weight excluding hydrogens is 218 g/mol. The third kappa shape index (κ3) is 1.82. The van der Waals surface area contributed by atoms with Gasteiger partial charge in [0, 0.05) is 12.5 Å². The molecule has 0 spiro atoms. The van der Waals surface area contributed by atoms with Gasteiger partial charge in [0.15, 0.2) is 11.5 Å². The molecule has 0 aliphatic carbocycles. The summed E-state index contributed by atoms with van der Waals surface area (Å²) in [6.45, 7) is 2.25. The van der Waals surface area contributed by atoms with E-state index >= 15 is 0 Å². The predicted octanol–water partition coefficient (Wildman–Crippen LogP) is 2.58. The molecule has 0 radical (unpaired) electrons. The second-order valence-electron chi connectivity index (χ2n) is 3.86. The maximum Gasteiger partial charge on any atom is 0.271 e. The summed E-state index contributed by atoms with van der Waals surface area (Å²) < 4.78 is 36.8. The van der Waals surface area contributed by atoms with Crippen molar-refractivity contribution in [3.8, 4) is 11.5 Å². The van der Waals surface area contributed by atoms with E-state index in [1.165, 1.54) is 19.1 Å². The molecule has 0 saturated heterocycles. The van der Waals surface area contributed by atoms with Crippen LogP contribution in [0.4, 0.5) is 8.78 Å². The Kier molecular flexibility index (Phi) is 2.50. The number of ether oxygens (including phenoxy) is 2. The SMILES string of the molecule is CC(O)c1cc2c(cc1C(C)(F)F)OCO2. The summed E-state index contributed by atoms with van der Waals surface area (Å²) in [5.74, 6) is -2.34. The van der Waals surface area contributed by atoms with E-state index in [9.17, 15) is 13.9 Å². The molecule has 5 heteroatoms. The number of rotatable bonds is 2. The minimum atomic E-state index is -3.02. The van der Waals surface area contributed by atoms with E-state index in [0.29, 0.717) is 11.5 Å². The monoisotopic (exact) mass is 230 g/mol. The fourth-order valence-electron chi connectivity index (χ4n) is 1.68. The number of halogens is 2. The van der Waals surface area contributed by atoms with Crippen LogP contribution in [0.25, 0.3) is 0 Å². The van der Waals surface area contributed by atoms with Gasteiger partial charge in [-0.2, -0.15) is 0 Å². The molecule has 0 amide bonds. The first-order valence-electron chi connectivity index (χ1n) is 4.89. The standard InChI is InChI=1S/C11H12F2O3/c1-6(14)7-3-9-10(16-5-15-9)4-8(7)11(2,12)13/h3-4,6,14H,5H2,1-2H3. The van der Waals surface area contributed by atoms with Gasteiger partial charge in [-0.1, -0.05) is 0 Å². The third-order valence-corrected chi connectivity index (χ3v) is 2.47. The fraction of sp³-hybridized carbons (Fsp3) is 0.455. The highest BCUT2D eigenvalue weighted by molar-refractivity contribution is 5.50. The molecule has 1 N–H and O–H groups in total. The van der Waals surface area contributed by atoms with E-state index in [-0.39, 0.29) is 17.9 Å². The van der Waals surface area contributed by atoms with E-state index in [1.54, 1.807) is 0 Å². The Bertz CT molecular complexity index is 410. The van der Waals surface area contributed by atoms with Crippen molar-refractivity contribution in [2.45, 2.75) is 25.9 Å². The highest BCUT2D eigenvalue weighted by Gasteiger charge is 2.32. The van der Waals surface area contributed by atoms with Crippen LogP contribution >= 0.6 is 0 Å². The maximum atomic E-state index is 13.3. The van der Waals surface area contributed by atoms with Crippen molar-refractivity contribution >= 4 is 0 Å². The molecule has 0 fully saturated rings. The second kappa shape index (κ2) is 3.59. The first kappa shape index (κ1) is 11.1. The zero-order valence-electron chi connectivity index (χ0n) is 8.96. The summed E-state index contributed by atoms with van der Waals surface area (Å²) in [5, 5.41) is 9.47. The zero-order valence-corrected chi connectivity index (χ0v) is 8.96. The van der Waals surface area contributed by atoms with Crippen molar-refractivity contribution in [2.24, 2.45) is 0 Å². The van der Waals surface area contributed by atoms with E-state index in [0.717, 1.165) is 6.92 Å². The van der Waals surface area contributed by atoms with E-state index in [2.05, 4.69) is 0 Å². The van der Waals surface area contributed by atoms with Crippen LogP contribution in [0, 0.1) is 0 Å². The topological polar surface area (TPSA) is 38.7 Å². The molecule has 1 unspecified atom stereocenters. The molecule has 2 rings (SSSR count). The van der Waals surface area contributed by atoms with Gasteiger partial charge in [0.1, 0.15) is 0 Å².